The number of para-hydroxylation sites is 1. The minimum absolute atomic E-state index is 0.170. The van der Waals surface area contributed by atoms with Gasteiger partial charge in [-0.25, -0.2) is 14.4 Å². The number of benzene rings is 2. The summed E-state index contributed by atoms with van der Waals surface area (Å²) in [5, 5.41) is 1.54. The summed E-state index contributed by atoms with van der Waals surface area (Å²) in [4.78, 5) is 23.7. The summed E-state index contributed by atoms with van der Waals surface area (Å²) in [6.07, 6.45) is 3.45. The van der Waals surface area contributed by atoms with Crippen molar-refractivity contribution in [3.8, 4) is 5.69 Å². The summed E-state index contributed by atoms with van der Waals surface area (Å²) in [5.74, 6) is -0.494. The first-order valence-corrected chi connectivity index (χ1v) is 10.6. The van der Waals surface area contributed by atoms with E-state index < -0.39 is 0 Å². The molecule has 0 N–H and O–H groups in total. The Bertz CT molecular complexity index is 1100. The summed E-state index contributed by atoms with van der Waals surface area (Å²) < 4.78 is 16.2. The number of fused-ring (bicyclic) bond motifs is 1. The van der Waals surface area contributed by atoms with E-state index in [4.69, 9.17) is 0 Å². The zero-order valence-electron chi connectivity index (χ0n) is 15.3. The number of hydrogen-bond donors (Lipinski definition) is 0. The highest BCUT2D eigenvalue weighted by Crippen LogP contribution is 2.25. The minimum Gasteiger partial charge on any atom is -0.334 e. The molecule has 2 aromatic heterocycles. The zero-order chi connectivity index (χ0) is 19.7. The second kappa shape index (κ2) is 7.73. The molecule has 0 aliphatic carbocycles. The molecule has 0 saturated carbocycles. The third kappa shape index (κ3) is 3.53. The van der Waals surface area contributed by atoms with Crippen LogP contribution in [0.1, 0.15) is 15.5 Å². The minimum atomic E-state index is -0.324. The smallest absolute Gasteiger partial charge is 0.272 e. The van der Waals surface area contributed by atoms with Gasteiger partial charge >= 0.3 is 0 Å². The average Bonchev–Trinajstić information content (AvgIpc) is 3.31. The lowest BCUT2D eigenvalue weighted by Gasteiger charge is -2.17. The van der Waals surface area contributed by atoms with E-state index in [-0.39, 0.29) is 11.7 Å². The van der Waals surface area contributed by atoms with Gasteiger partial charge < -0.3 is 4.90 Å². The fraction of sp³-hybridized carbons (Fsp3) is 0.150. The van der Waals surface area contributed by atoms with Gasteiger partial charge in [-0.05, 0) is 42.7 Å². The summed E-state index contributed by atoms with van der Waals surface area (Å²) >= 11 is 3.01. The van der Waals surface area contributed by atoms with Crippen molar-refractivity contribution in [2.45, 2.75) is 11.7 Å². The van der Waals surface area contributed by atoms with E-state index in [1.165, 1.54) is 23.9 Å². The Kier molecular flexibility index (Phi) is 5.15. The summed E-state index contributed by atoms with van der Waals surface area (Å²) in [6, 6.07) is 13.9. The number of rotatable bonds is 5. The highest BCUT2D eigenvalue weighted by Gasteiger charge is 2.21. The summed E-state index contributed by atoms with van der Waals surface area (Å²) in [6.45, 7) is 0.404. The number of thiazole rings is 1. The predicted molar refractivity (Wildman–Crippen MR) is 111 cm³/mol. The average molecular weight is 413 g/mol. The molecule has 0 aliphatic rings. The Morgan fingerprint density at radius 3 is 2.68 bits per heavy atom. The second-order valence-corrected chi connectivity index (χ2v) is 8.07. The number of amides is 1. The molecule has 0 fully saturated rings. The van der Waals surface area contributed by atoms with E-state index in [2.05, 4.69) is 9.97 Å². The first-order valence-electron chi connectivity index (χ1n) is 8.54. The lowest BCUT2D eigenvalue weighted by molar-refractivity contribution is 0.0776. The van der Waals surface area contributed by atoms with Gasteiger partial charge in [-0.1, -0.05) is 23.9 Å². The number of halogens is 1. The molecule has 2 heterocycles. The molecule has 0 atom stereocenters. The quantitative estimate of drug-likeness (QED) is 0.449. The normalized spacial score (nSPS) is 11.1. The highest BCUT2D eigenvalue weighted by atomic mass is 32.2. The van der Waals surface area contributed by atoms with E-state index in [9.17, 15) is 9.18 Å². The molecule has 5 nitrogen and oxygen atoms in total. The molecular formula is C20H17FN4OS2. The van der Waals surface area contributed by atoms with Crippen LogP contribution in [-0.4, -0.2) is 38.6 Å². The standard InChI is InChI=1S/C20H17FN4OS2/c1-24(12-18-23-15-5-3-4-6-17(15)28-18)19(26)16-11-22-20(27-2)25(16)14-9-7-13(21)8-10-14/h3-11H,12H2,1-2H3. The molecule has 142 valence electrons. The van der Waals surface area contributed by atoms with Crippen molar-refractivity contribution in [1.82, 2.24) is 19.4 Å². The van der Waals surface area contributed by atoms with Gasteiger partial charge in [-0.3, -0.25) is 9.36 Å². The molecule has 0 saturated heterocycles. The number of imidazole rings is 1. The molecule has 0 unspecified atom stereocenters. The van der Waals surface area contributed by atoms with Gasteiger partial charge in [0.05, 0.1) is 23.0 Å². The SMILES string of the molecule is CSc1ncc(C(=O)N(C)Cc2nc3ccccc3s2)n1-c1ccc(F)cc1. The Morgan fingerprint density at radius 2 is 1.96 bits per heavy atom. The monoisotopic (exact) mass is 412 g/mol. The van der Waals surface area contributed by atoms with Gasteiger partial charge in [-0.15, -0.1) is 11.3 Å². The second-order valence-electron chi connectivity index (χ2n) is 6.18. The number of nitrogens with zero attached hydrogens (tertiary/aromatic N) is 4. The van der Waals surface area contributed by atoms with Crippen molar-refractivity contribution in [3.63, 3.8) is 0 Å². The van der Waals surface area contributed by atoms with Gasteiger partial charge in [0.2, 0.25) is 0 Å². The van der Waals surface area contributed by atoms with Gasteiger partial charge in [0, 0.05) is 12.7 Å². The molecule has 0 spiro atoms. The molecule has 1 amide bonds. The zero-order valence-corrected chi connectivity index (χ0v) is 16.9. The molecule has 2 aromatic carbocycles. The van der Waals surface area contributed by atoms with Crippen molar-refractivity contribution >= 4 is 39.2 Å². The lowest BCUT2D eigenvalue weighted by Crippen LogP contribution is -2.28. The molecule has 4 aromatic rings. The first kappa shape index (κ1) is 18.6. The van der Waals surface area contributed by atoms with E-state index in [1.54, 1.807) is 46.2 Å². The van der Waals surface area contributed by atoms with Crippen LogP contribution < -0.4 is 0 Å². The topological polar surface area (TPSA) is 51.0 Å². The van der Waals surface area contributed by atoms with E-state index in [0.29, 0.717) is 23.1 Å². The Hall–Kier alpha value is -2.71. The number of carbonyl (C=O) groups is 1. The number of aromatic nitrogens is 3. The summed E-state index contributed by atoms with van der Waals surface area (Å²) in [5.41, 5.74) is 2.06. The Labute approximate surface area is 169 Å². The van der Waals surface area contributed by atoms with Crippen LogP contribution in [0, 0.1) is 5.82 Å². The largest absolute Gasteiger partial charge is 0.334 e. The van der Waals surface area contributed by atoms with Crippen LogP contribution in [0.4, 0.5) is 4.39 Å². The molecular weight excluding hydrogens is 395 g/mol. The van der Waals surface area contributed by atoms with Gasteiger partial charge in [0.15, 0.2) is 5.16 Å². The van der Waals surface area contributed by atoms with Gasteiger partial charge in [0.25, 0.3) is 5.91 Å². The third-order valence-corrected chi connectivity index (χ3v) is 5.95. The molecule has 8 heteroatoms. The molecule has 0 aliphatic heterocycles. The first-order chi connectivity index (χ1) is 13.6. The molecule has 28 heavy (non-hydrogen) atoms. The molecule has 4 rings (SSSR count). The number of carbonyl (C=O) groups excluding carboxylic acids is 1. The maximum Gasteiger partial charge on any atom is 0.272 e. The molecule has 0 bridgehead atoms. The van der Waals surface area contributed by atoms with Crippen LogP contribution in [0.25, 0.3) is 15.9 Å². The van der Waals surface area contributed by atoms with E-state index in [1.807, 2.05) is 30.5 Å². The Balaban J connectivity index is 1.63. The van der Waals surface area contributed by atoms with Crippen molar-refractivity contribution < 1.29 is 9.18 Å². The van der Waals surface area contributed by atoms with E-state index in [0.717, 1.165) is 15.2 Å². The molecule has 0 radical (unpaired) electrons. The summed E-state index contributed by atoms with van der Waals surface area (Å²) in [7, 11) is 1.75. The third-order valence-electron chi connectivity index (χ3n) is 4.27. The maximum absolute atomic E-state index is 13.3. The predicted octanol–water partition coefficient (Wildman–Crippen LogP) is 4.62. The van der Waals surface area contributed by atoms with Crippen LogP contribution in [0.5, 0.6) is 0 Å². The van der Waals surface area contributed by atoms with E-state index >= 15 is 0 Å². The van der Waals surface area contributed by atoms with Crippen LogP contribution in [0.3, 0.4) is 0 Å². The van der Waals surface area contributed by atoms with Crippen LogP contribution in [-0.2, 0) is 6.54 Å². The highest BCUT2D eigenvalue weighted by molar-refractivity contribution is 7.98. The van der Waals surface area contributed by atoms with Gasteiger partial charge in [-0.2, -0.15) is 0 Å². The van der Waals surface area contributed by atoms with Crippen LogP contribution in [0.2, 0.25) is 0 Å². The van der Waals surface area contributed by atoms with Crippen molar-refractivity contribution in [2.75, 3.05) is 13.3 Å². The van der Waals surface area contributed by atoms with Crippen molar-refractivity contribution in [2.24, 2.45) is 0 Å². The fourth-order valence-electron chi connectivity index (χ4n) is 2.93. The van der Waals surface area contributed by atoms with Crippen LogP contribution >= 0.6 is 23.1 Å². The maximum atomic E-state index is 13.3. The van der Waals surface area contributed by atoms with Crippen molar-refractivity contribution in [3.05, 3.63) is 71.2 Å². The fourth-order valence-corrected chi connectivity index (χ4v) is 4.49. The lowest BCUT2D eigenvalue weighted by atomic mass is 10.3. The number of thioether (sulfide) groups is 1. The Morgan fingerprint density at radius 1 is 1.21 bits per heavy atom. The van der Waals surface area contributed by atoms with Crippen LogP contribution in [0.15, 0.2) is 59.9 Å². The van der Waals surface area contributed by atoms with Crippen molar-refractivity contribution in [1.29, 1.82) is 0 Å². The number of hydrogen-bond acceptors (Lipinski definition) is 5. The van der Waals surface area contributed by atoms with Gasteiger partial charge in [0.1, 0.15) is 16.5 Å².